The SMILES string of the molecule is CC(C)(C)OC(=O)N1CCCN(c2nc3ncc(Cl)cc3nc2NN)CC1. The Kier molecular flexibility index (Phi) is 5.52. The molecule has 0 radical (unpaired) electrons. The first-order chi connectivity index (χ1) is 12.8. The van der Waals surface area contributed by atoms with Crippen LogP contribution < -0.4 is 16.2 Å². The molecule has 3 N–H and O–H groups in total. The fourth-order valence-corrected chi connectivity index (χ4v) is 3.02. The highest BCUT2D eigenvalue weighted by molar-refractivity contribution is 6.31. The lowest BCUT2D eigenvalue weighted by molar-refractivity contribution is 0.0263. The van der Waals surface area contributed by atoms with Crippen molar-refractivity contribution in [2.45, 2.75) is 32.8 Å². The molecule has 2 aromatic heterocycles. The molecule has 1 aliphatic rings. The van der Waals surface area contributed by atoms with E-state index in [1.807, 2.05) is 25.7 Å². The fraction of sp³-hybridized carbons (Fsp3) is 0.529. The molecule has 3 heterocycles. The summed E-state index contributed by atoms with van der Waals surface area (Å²) in [6, 6.07) is 1.69. The first kappa shape index (κ1) is 19.4. The van der Waals surface area contributed by atoms with Gasteiger partial charge in [0.1, 0.15) is 11.1 Å². The van der Waals surface area contributed by atoms with E-state index in [0.29, 0.717) is 54.0 Å². The molecule has 0 spiro atoms. The summed E-state index contributed by atoms with van der Waals surface area (Å²) in [6.07, 6.45) is 2.00. The van der Waals surface area contributed by atoms with Crippen LogP contribution in [-0.4, -0.2) is 57.7 Å². The van der Waals surface area contributed by atoms with E-state index in [9.17, 15) is 4.79 Å². The van der Waals surface area contributed by atoms with Crippen molar-refractivity contribution in [1.29, 1.82) is 0 Å². The Labute approximate surface area is 162 Å². The molecule has 0 aliphatic carbocycles. The second-order valence-corrected chi connectivity index (χ2v) is 7.78. The Morgan fingerprint density at radius 2 is 2.04 bits per heavy atom. The molecular formula is C17H24ClN7O2. The number of hydrogen-bond acceptors (Lipinski definition) is 8. The van der Waals surface area contributed by atoms with Crippen molar-refractivity contribution in [3.63, 3.8) is 0 Å². The van der Waals surface area contributed by atoms with Gasteiger partial charge >= 0.3 is 6.09 Å². The predicted molar refractivity (Wildman–Crippen MR) is 105 cm³/mol. The van der Waals surface area contributed by atoms with Crippen LogP contribution in [0.1, 0.15) is 27.2 Å². The molecule has 1 amide bonds. The van der Waals surface area contributed by atoms with Crippen LogP contribution in [0.2, 0.25) is 5.02 Å². The highest BCUT2D eigenvalue weighted by atomic mass is 35.5. The average molecular weight is 394 g/mol. The molecular weight excluding hydrogens is 370 g/mol. The number of amides is 1. The van der Waals surface area contributed by atoms with Crippen molar-refractivity contribution in [3.05, 3.63) is 17.3 Å². The van der Waals surface area contributed by atoms with Crippen LogP contribution >= 0.6 is 11.6 Å². The Hall–Kier alpha value is -2.39. The summed E-state index contributed by atoms with van der Waals surface area (Å²) in [5.41, 5.74) is 3.13. The molecule has 0 saturated carbocycles. The third-order valence-corrected chi connectivity index (χ3v) is 4.26. The number of fused-ring (bicyclic) bond motifs is 1. The highest BCUT2D eigenvalue weighted by Gasteiger charge is 2.26. The van der Waals surface area contributed by atoms with Gasteiger partial charge in [-0.25, -0.2) is 25.6 Å². The van der Waals surface area contributed by atoms with Gasteiger partial charge in [0.2, 0.25) is 0 Å². The summed E-state index contributed by atoms with van der Waals surface area (Å²) in [6.45, 7) is 8.01. The minimum Gasteiger partial charge on any atom is -0.444 e. The van der Waals surface area contributed by atoms with Crippen molar-refractivity contribution >= 4 is 40.5 Å². The Bertz CT molecular complexity index is 840. The van der Waals surface area contributed by atoms with Gasteiger partial charge in [-0.3, -0.25) is 0 Å². The molecule has 3 rings (SSSR count). The van der Waals surface area contributed by atoms with Crippen molar-refractivity contribution < 1.29 is 9.53 Å². The number of carbonyl (C=O) groups excluding carboxylic acids is 1. The first-order valence-corrected chi connectivity index (χ1v) is 9.17. The van der Waals surface area contributed by atoms with E-state index >= 15 is 0 Å². The third kappa shape index (κ3) is 4.67. The number of nitrogens with zero attached hydrogens (tertiary/aromatic N) is 5. The molecule has 0 atom stereocenters. The molecule has 1 fully saturated rings. The maximum absolute atomic E-state index is 12.3. The van der Waals surface area contributed by atoms with E-state index in [-0.39, 0.29) is 6.09 Å². The summed E-state index contributed by atoms with van der Waals surface area (Å²) in [7, 11) is 0. The quantitative estimate of drug-likeness (QED) is 0.591. The van der Waals surface area contributed by atoms with Gasteiger partial charge in [0.15, 0.2) is 17.3 Å². The summed E-state index contributed by atoms with van der Waals surface area (Å²) in [4.78, 5) is 29.4. The zero-order valence-corrected chi connectivity index (χ0v) is 16.5. The molecule has 27 heavy (non-hydrogen) atoms. The van der Waals surface area contributed by atoms with Gasteiger partial charge in [-0.2, -0.15) is 0 Å². The van der Waals surface area contributed by atoms with E-state index in [1.165, 1.54) is 6.20 Å². The molecule has 0 aromatic carbocycles. The van der Waals surface area contributed by atoms with Crippen LogP contribution in [0.5, 0.6) is 0 Å². The van der Waals surface area contributed by atoms with E-state index in [1.54, 1.807) is 11.0 Å². The minimum absolute atomic E-state index is 0.303. The van der Waals surface area contributed by atoms with Gasteiger partial charge in [-0.1, -0.05) is 11.6 Å². The normalized spacial score (nSPS) is 15.6. The fourth-order valence-electron chi connectivity index (χ4n) is 2.87. The van der Waals surface area contributed by atoms with Crippen LogP contribution in [0.25, 0.3) is 11.2 Å². The molecule has 0 bridgehead atoms. The molecule has 1 aliphatic heterocycles. The smallest absolute Gasteiger partial charge is 0.410 e. The number of nitrogen functional groups attached to an aromatic ring is 1. The van der Waals surface area contributed by atoms with Crippen LogP contribution in [0, 0.1) is 0 Å². The van der Waals surface area contributed by atoms with Gasteiger partial charge in [0.25, 0.3) is 0 Å². The van der Waals surface area contributed by atoms with Gasteiger partial charge in [0.05, 0.1) is 5.02 Å². The number of anilines is 2. The largest absolute Gasteiger partial charge is 0.444 e. The van der Waals surface area contributed by atoms with Crippen LogP contribution in [0.4, 0.5) is 16.4 Å². The minimum atomic E-state index is -0.517. The summed E-state index contributed by atoms with van der Waals surface area (Å²) >= 11 is 5.97. The van der Waals surface area contributed by atoms with Crippen molar-refractivity contribution in [1.82, 2.24) is 19.9 Å². The summed E-state index contributed by atoms with van der Waals surface area (Å²) in [5, 5.41) is 0.482. The number of pyridine rings is 1. The monoisotopic (exact) mass is 393 g/mol. The highest BCUT2D eigenvalue weighted by Crippen LogP contribution is 2.26. The Morgan fingerprint density at radius 1 is 1.26 bits per heavy atom. The standard InChI is InChI=1S/C17H24ClN7O2/c1-17(2,3)27-16(26)25-6-4-5-24(7-8-25)15-14(23-19)21-12-9-11(18)10-20-13(12)22-15/h9-10H,4-8,19H2,1-3H3,(H,21,23). The molecule has 146 valence electrons. The number of halogens is 1. The van der Waals surface area contributed by atoms with E-state index in [4.69, 9.17) is 22.2 Å². The Balaban J connectivity index is 1.81. The molecule has 9 nitrogen and oxygen atoms in total. The number of aromatic nitrogens is 3. The number of nitrogens with two attached hydrogens (primary N) is 1. The number of carbonyl (C=O) groups is 1. The van der Waals surface area contributed by atoms with E-state index < -0.39 is 5.60 Å². The maximum atomic E-state index is 12.3. The number of nitrogens with one attached hydrogen (secondary N) is 1. The first-order valence-electron chi connectivity index (χ1n) is 8.79. The maximum Gasteiger partial charge on any atom is 0.410 e. The summed E-state index contributed by atoms with van der Waals surface area (Å²) < 4.78 is 5.47. The zero-order chi connectivity index (χ0) is 19.6. The van der Waals surface area contributed by atoms with Crippen molar-refractivity contribution in [3.8, 4) is 0 Å². The van der Waals surface area contributed by atoms with Crippen molar-refractivity contribution in [2.75, 3.05) is 36.5 Å². The summed E-state index contributed by atoms with van der Waals surface area (Å²) in [5.74, 6) is 6.70. The van der Waals surface area contributed by atoms with Gasteiger partial charge in [0, 0.05) is 32.4 Å². The van der Waals surface area contributed by atoms with Crippen LogP contribution in [-0.2, 0) is 4.74 Å². The lowest BCUT2D eigenvalue weighted by atomic mass is 10.2. The zero-order valence-electron chi connectivity index (χ0n) is 15.7. The Morgan fingerprint density at radius 3 is 2.74 bits per heavy atom. The molecule has 10 heteroatoms. The topological polar surface area (TPSA) is 110 Å². The number of ether oxygens (including phenoxy) is 1. The lowest BCUT2D eigenvalue weighted by Gasteiger charge is -2.27. The van der Waals surface area contributed by atoms with Gasteiger partial charge in [-0.05, 0) is 33.3 Å². The van der Waals surface area contributed by atoms with Crippen LogP contribution in [0.15, 0.2) is 12.3 Å². The second-order valence-electron chi connectivity index (χ2n) is 7.34. The molecule has 1 saturated heterocycles. The number of hydrogen-bond donors (Lipinski definition) is 2. The average Bonchev–Trinajstić information content (AvgIpc) is 2.85. The van der Waals surface area contributed by atoms with E-state index in [0.717, 1.165) is 6.42 Å². The molecule has 0 unspecified atom stereocenters. The van der Waals surface area contributed by atoms with E-state index in [2.05, 4.69) is 20.4 Å². The number of rotatable bonds is 2. The van der Waals surface area contributed by atoms with Crippen molar-refractivity contribution in [2.24, 2.45) is 5.84 Å². The third-order valence-electron chi connectivity index (χ3n) is 4.05. The van der Waals surface area contributed by atoms with Crippen LogP contribution in [0.3, 0.4) is 0 Å². The van der Waals surface area contributed by atoms with Gasteiger partial charge in [-0.15, -0.1) is 0 Å². The molecule has 2 aromatic rings. The lowest BCUT2D eigenvalue weighted by Crippen LogP contribution is -2.39. The van der Waals surface area contributed by atoms with Gasteiger partial charge < -0.3 is 20.0 Å². The predicted octanol–water partition coefficient (Wildman–Crippen LogP) is 2.41. The number of hydrazine groups is 1. The second kappa shape index (κ2) is 7.69.